The summed E-state index contributed by atoms with van der Waals surface area (Å²) < 4.78 is 38.4. The van der Waals surface area contributed by atoms with E-state index in [0.717, 1.165) is 0 Å². The van der Waals surface area contributed by atoms with Gasteiger partial charge in [0, 0.05) is 6.07 Å². The highest BCUT2D eigenvalue weighted by Gasteiger charge is 2.17. The van der Waals surface area contributed by atoms with Crippen LogP contribution in [0.5, 0.6) is 11.5 Å². The number of ether oxygens (including phenoxy) is 3. The summed E-state index contributed by atoms with van der Waals surface area (Å²) in [6.07, 6.45) is 0. The largest absolute Gasteiger partial charge is 0.497 e. The van der Waals surface area contributed by atoms with Gasteiger partial charge in [-0.1, -0.05) is 0 Å². The second-order valence-electron chi connectivity index (χ2n) is 3.63. The van der Waals surface area contributed by atoms with Crippen molar-refractivity contribution in [2.75, 3.05) is 19.5 Å². The summed E-state index contributed by atoms with van der Waals surface area (Å²) in [5.41, 5.74) is 0.220. The molecular weight excluding hydrogens is 260 g/mol. The van der Waals surface area contributed by atoms with Gasteiger partial charge in [-0.05, 0) is 19.1 Å². The lowest BCUT2D eigenvalue weighted by molar-refractivity contribution is -0.141. The van der Waals surface area contributed by atoms with Gasteiger partial charge in [0.2, 0.25) is 0 Å². The van der Waals surface area contributed by atoms with Gasteiger partial charge in [0.15, 0.2) is 0 Å². The van der Waals surface area contributed by atoms with Gasteiger partial charge < -0.3 is 19.5 Å². The maximum Gasteiger partial charge on any atom is 0.387 e. The van der Waals surface area contributed by atoms with Crippen LogP contribution in [0.25, 0.3) is 0 Å². The minimum atomic E-state index is -2.96. The highest BCUT2D eigenvalue weighted by Crippen LogP contribution is 2.31. The minimum absolute atomic E-state index is 0.0773. The fourth-order valence-electron chi connectivity index (χ4n) is 1.42. The second kappa shape index (κ2) is 6.77. The normalized spacial score (nSPS) is 11.9. The van der Waals surface area contributed by atoms with Crippen molar-refractivity contribution < 1.29 is 27.8 Å². The molecule has 0 aromatic heterocycles. The third-order valence-electron chi connectivity index (χ3n) is 2.33. The molecule has 1 atom stereocenters. The van der Waals surface area contributed by atoms with Gasteiger partial charge in [-0.15, -0.1) is 0 Å². The SMILES string of the molecule is COC(=O)C(C)Nc1cc(OC)ccc1OC(F)F. The summed E-state index contributed by atoms with van der Waals surface area (Å²) in [6, 6.07) is 3.55. The van der Waals surface area contributed by atoms with E-state index < -0.39 is 18.6 Å². The van der Waals surface area contributed by atoms with E-state index in [2.05, 4.69) is 14.8 Å². The zero-order valence-corrected chi connectivity index (χ0v) is 10.8. The number of hydrogen-bond donors (Lipinski definition) is 1. The highest BCUT2D eigenvalue weighted by atomic mass is 19.3. The van der Waals surface area contributed by atoms with Crippen molar-refractivity contribution in [1.29, 1.82) is 0 Å². The Morgan fingerprint density at radius 2 is 2.00 bits per heavy atom. The fraction of sp³-hybridized carbons (Fsp3) is 0.417. The number of alkyl halides is 2. The zero-order valence-electron chi connectivity index (χ0n) is 10.8. The Balaban J connectivity index is 2.97. The average Bonchev–Trinajstić information content (AvgIpc) is 2.39. The van der Waals surface area contributed by atoms with E-state index in [9.17, 15) is 13.6 Å². The molecular formula is C12H15F2NO4. The quantitative estimate of drug-likeness (QED) is 0.807. The molecule has 0 spiro atoms. The Kier molecular flexibility index (Phi) is 5.35. The number of anilines is 1. The van der Waals surface area contributed by atoms with Crippen molar-refractivity contribution in [3.8, 4) is 11.5 Å². The first-order chi connectivity index (χ1) is 8.97. The number of methoxy groups -OCH3 is 2. The molecule has 7 heteroatoms. The van der Waals surface area contributed by atoms with Crippen LogP contribution in [0, 0.1) is 0 Å². The van der Waals surface area contributed by atoms with Crippen LogP contribution in [0.3, 0.4) is 0 Å². The lowest BCUT2D eigenvalue weighted by Crippen LogP contribution is -2.27. The van der Waals surface area contributed by atoms with E-state index in [1.807, 2.05) is 0 Å². The van der Waals surface area contributed by atoms with Crippen LogP contribution < -0.4 is 14.8 Å². The number of hydrogen-bond acceptors (Lipinski definition) is 5. The van der Waals surface area contributed by atoms with Crippen LogP contribution in [0.4, 0.5) is 14.5 Å². The number of carbonyl (C=O) groups is 1. The molecule has 0 aliphatic rings. The molecule has 0 amide bonds. The zero-order chi connectivity index (χ0) is 14.4. The summed E-state index contributed by atoms with van der Waals surface area (Å²) in [4.78, 5) is 11.3. The first kappa shape index (κ1) is 15.0. The lowest BCUT2D eigenvalue weighted by Gasteiger charge is -2.17. The van der Waals surface area contributed by atoms with Gasteiger partial charge in [0.1, 0.15) is 17.5 Å². The third kappa shape index (κ3) is 4.27. The summed E-state index contributed by atoms with van der Waals surface area (Å²) in [5, 5.41) is 2.73. The maximum absolute atomic E-state index is 12.3. The molecule has 0 saturated carbocycles. The van der Waals surface area contributed by atoms with Gasteiger partial charge in [0.05, 0.1) is 19.9 Å². The third-order valence-corrected chi connectivity index (χ3v) is 2.33. The topological polar surface area (TPSA) is 56.8 Å². The number of nitrogens with one attached hydrogen (secondary N) is 1. The second-order valence-corrected chi connectivity index (χ2v) is 3.63. The van der Waals surface area contributed by atoms with E-state index in [4.69, 9.17) is 4.74 Å². The number of benzene rings is 1. The minimum Gasteiger partial charge on any atom is -0.497 e. The van der Waals surface area contributed by atoms with Crippen molar-refractivity contribution in [2.45, 2.75) is 19.6 Å². The Morgan fingerprint density at radius 1 is 1.32 bits per heavy atom. The van der Waals surface area contributed by atoms with E-state index in [0.29, 0.717) is 5.75 Å². The Labute approximate surface area is 109 Å². The van der Waals surface area contributed by atoms with Crippen LogP contribution in [0.1, 0.15) is 6.92 Å². The van der Waals surface area contributed by atoms with Gasteiger partial charge in [0.25, 0.3) is 0 Å². The first-order valence-corrected chi connectivity index (χ1v) is 5.45. The molecule has 0 fully saturated rings. The smallest absolute Gasteiger partial charge is 0.387 e. The van der Waals surface area contributed by atoms with E-state index >= 15 is 0 Å². The van der Waals surface area contributed by atoms with Crippen molar-refractivity contribution in [2.24, 2.45) is 0 Å². The lowest BCUT2D eigenvalue weighted by atomic mass is 10.2. The molecule has 0 heterocycles. The molecule has 1 unspecified atom stereocenters. The van der Waals surface area contributed by atoms with Crippen LogP contribution in [0.15, 0.2) is 18.2 Å². The molecule has 5 nitrogen and oxygen atoms in total. The Morgan fingerprint density at radius 3 is 2.53 bits per heavy atom. The summed E-state index contributed by atoms with van der Waals surface area (Å²) in [5.74, 6) is -0.154. The van der Waals surface area contributed by atoms with Crippen molar-refractivity contribution in [3.63, 3.8) is 0 Å². The summed E-state index contributed by atoms with van der Waals surface area (Å²) >= 11 is 0. The summed E-state index contributed by atoms with van der Waals surface area (Å²) in [6.45, 7) is -1.42. The van der Waals surface area contributed by atoms with Gasteiger partial charge >= 0.3 is 12.6 Å². The van der Waals surface area contributed by atoms with Crippen LogP contribution >= 0.6 is 0 Å². The molecule has 1 aromatic rings. The fourth-order valence-corrected chi connectivity index (χ4v) is 1.42. The average molecular weight is 275 g/mol. The molecule has 0 radical (unpaired) electrons. The monoisotopic (exact) mass is 275 g/mol. The standard InChI is InChI=1S/C12H15F2NO4/c1-7(11(16)18-3)15-9-6-8(17-2)4-5-10(9)19-12(13)14/h4-7,12,15H,1-3H3. The van der Waals surface area contributed by atoms with E-state index in [1.165, 1.54) is 39.3 Å². The van der Waals surface area contributed by atoms with Crippen molar-refractivity contribution in [3.05, 3.63) is 18.2 Å². The maximum atomic E-state index is 12.3. The molecule has 0 aliphatic carbocycles. The molecule has 106 valence electrons. The van der Waals surface area contributed by atoms with Gasteiger partial charge in [-0.2, -0.15) is 8.78 Å². The number of esters is 1. The molecule has 0 bridgehead atoms. The molecule has 1 N–H and O–H groups in total. The first-order valence-electron chi connectivity index (χ1n) is 5.45. The predicted octanol–water partition coefficient (Wildman–Crippen LogP) is 2.27. The highest BCUT2D eigenvalue weighted by molar-refractivity contribution is 5.79. The number of rotatable bonds is 6. The van der Waals surface area contributed by atoms with Gasteiger partial charge in [-0.25, -0.2) is 4.79 Å². The van der Waals surface area contributed by atoms with Crippen LogP contribution in [-0.4, -0.2) is 32.8 Å². The number of carbonyl (C=O) groups excluding carboxylic acids is 1. The molecule has 0 aliphatic heterocycles. The van der Waals surface area contributed by atoms with Crippen LogP contribution in [0.2, 0.25) is 0 Å². The molecule has 1 aromatic carbocycles. The summed E-state index contributed by atoms with van der Waals surface area (Å²) in [7, 11) is 2.68. The number of halogens is 2. The van der Waals surface area contributed by atoms with E-state index in [-0.39, 0.29) is 11.4 Å². The molecule has 0 saturated heterocycles. The predicted molar refractivity (Wildman–Crippen MR) is 64.7 cm³/mol. The van der Waals surface area contributed by atoms with Crippen molar-refractivity contribution in [1.82, 2.24) is 0 Å². The Bertz CT molecular complexity index is 440. The van der Waals surface area contributed by atoms with Crippen LogP contribution in [-0.2, 0) is 9.53 Å². The van der Waals surface area contributed by atoms with Gasteiger partial charge in [-0.3, -0.25) is 0 Å². The molecule has 1 rings (SSSR count). The molecule has 19 heavy (non-hydrogen) atoms. The Hall–Kier alpha value is -2.05. The van der Waals surface area contributed by atoms with Crippen molar-refractivity contribution >= 4 is 11.7 Å². The van der Waals surface area contributed by atoms with E-state index in [1.54, 1.807) is 0 Å².